The Morgan fingerprint density at radius 1 is 1.07 bits per heavy atom. The summed E-state index contributed by atoms with van der Waals surface area (Å²) in [5.74, 6) is -0.190. The van der Waals surface area contributed by atoms with Gasteiger partial charge in [-0.3, -0.25) is 9.59 Å². The summed E-state index contributed by atoms with van der Waals surface area (Å²) in [7, 11) is 0. The van der Waals surface area contributed by atoms with E-state index in [9.17, 15) is 9.59 Å². The monoisotopic (exact) mass is 420 g/mol. The number of hydrogen-bond donors (Lipinski definition) is 0. The van der Waals surface area contributed by atoms with Crippen molar-refractivity contribution in [3.63, 3.8) is 0 Å². The average molecular weight is 421 g/mol. The van der Waals surface area contributed by atoms with Crippen LogP contribution >= 0.6 is 23.2 Å². The van der Waals surface area contributed by atoms with Gasteiger partial charge in [-0.1, -0.05) is 23.2 Å². The van der Waals surface area contributed by atoms with Crippen molar-refractivity contribution >= 4 is 35.0 Å². The van der Waals surface area contributed by atoms with Crippen molar-refractivity contribution in [2.45, 2.75) is 37.8 Å². The highest BCUT2D eigenvalue weighted by Gasteiger charge is 2.38. The minimum atomic E-state index is -0.424. The molecule has 1 atom stereocenters. The largest absolute Gasteiger partial charge is 0.341 e. The molecule has 2 saturated heterocycles. The number of hydrogen-bond acceptors (Lipinski definition) is 3. The van der Waals surface area contributed by atoms with E-state index in [1.165, 1.54) is 0 Å². The highest BCUT2D eigenvalue weighted by Crippen LogP contribution is 2.29. The summed E-state index contributed by atoms with van der Waals surface area (Å²) in [6.07, 6.45) is 8.85. The van der Waals surface area contributed by atoms with Crippen molar-refractivity contribution in [3.8, 4) is 0 Å². The van der Waals surface area contributed by atoms with E-state index in [4.69, 9.17) is 23.2 Å². The number of imidazole rings is 1. The van der Waals surface area contributed by atoms with Crippen molar-refractivity contribution in [1.29, 1.82) is 0 Å². The molecule has 8 heteroatoms. The second-order valence-corrected chi connectivity index (χ2v) is 8.19. The molecule has 4 rings (SSSR count). The maximum atomic E-state index is 13.1. The zero-order valence-electron chi connectivity index (χ0n) is 15.4. The van der Waals surface area contributed by atoms with Gasteiger partial charge in [0.1, 0.15) is 6.04 Å². The van der Waals surface area contributed by atoms with E-state index in [-0.39, 0.29) is 11.8 Å². The molecule has 0 radical (unpaired) electrons. The molecule has 2 aromatic rings. The molecule has 148 valence electrons. The fourth-order valence-electron chi connectivity index (χ4n) is 4.16. The van der Waals surface area contributed by atoms with E-state index in [0.29, 0.717) is 47.7 Å². The fourth-order valence-corrected chi connectivity index (χ4v) is 4.53. The molecular formula is C20H22Cl2N4O2. The van der Waals surface area contributed by atoms with Crippen LogP contribution < -0.4 is 0 Å². The van der Waals surface area contributed by atoms with Crippen molar-refractivity contribution in [1.82, 2.24) is 19.4 Å². The molecular weight excluding hydrogens is 399 g/mol. The normalized spacial score (nSPS) is 20.6. The third kappa shape index (κ3) is 3.76. The Balaban J connectivity index is 1.44. The SMILES string of the molecule is O=C(C1CCCN1C(=O)c1cc(Cl)ccc1Cl)N1CCC(n2ccnc2)CC1. The first-order chi connectivity index (χ1) is 13.5. The van der Waals surface area contributed by atoms with Gasteiger partial charge in [-0.2, -0.15) is 0 Å². The van der Waals surface area contributed by atoms with Crippen LogP contribution in [0.1, 0.15) is 42.1 Å². The van der Waals surface area contributed by atoms with E-state index in [2.05, 4.69) is 9.55 Å². The van der Waals surface area contributed by atoms with Gasteiger partial charge in [-0.05, 0) is 43.9 Å². The lowest BCUT2D eigenvalue weighted by Crippen LogP contribution is -2.50. The summed E-state index contributed by atoms with van der Waals surface area (Å²) < 4.78 is 2.11. The van der Waals surface area contributed by atoms with Gasteiger partial charge in [-0.15, -0.1) is 0 Å². The Bertz CT molecular complexity index is 863. The second kappa shape index (κ2) is 8.13. The van der Waals surface area contributed by atoms with Crippen molar-refractivity contribution in [2.75, 3.05) is 19.6 Å². The molecule has 0 spiro atoms. The van der Waals surface area contributed by atoms with E-state index in [1.54, 1.807) is 29.3 Å². The number of likely N-dealkylation sites (tertiary alicyclic amines) is 2. The zero-order valence-corrected chi connectivity index (χ0v) is 16.9. The Morgan fingerprint density at radius 3 is 2.57 bits per heavy atom. The molecule has 0 bridgehead atoms. The maximum Gasteiger partial charge on any atom is 0.256 e. The third-order valence-corrected chi connectivity index (χ3v) is 6.24. The first-order valence-corrected chi connectivity index (χ1v) is 10.3. The minimum Gasteiger partial charge on any atom is -0.341 e. The first-order valence-electron chi connectivity index (χ1n) is 9.57. The molecule has 1 unspecified atom stereocenters. The van der Waals surface area contributed by atoms with Crippen LogP contribution in [0.3, 0.4) is 0 Å². The maximum absolute atomic E-state index is 13.1. The second-order valence-electron chi connectivity index (χ2n) is 7.35. The van der Waals surface area contributed by atoms with Crippen LogP contribution in [-0.2, 0) is 4.79 Å². The van der Waals surface area contributed by atoms with Gasteiger partial charge in [0.05, 0.1) is 16.9 Å². The van der Waals surface area contributed by atoms with E-state index in [0.717, 1.165) is 19.3 Å². The van der Waals surface area contributed by atoms with E-state index < -0.39 is 6.04 Å². The van der Waals surface area contributed by atoms with Crippen LogP contribution in [0.25, 0.3) is 0 Å². The summed E-state index contributed by atoms with van der Waals surface area (Å²) in [6, 6.07) is 4.79. The van der Waals surface area contributed by atoms with Crippen molar-refractivity contribution in [3.05, 3.63) is 52.5 Å². The van der Waals surface area contributed by atoms with Crippen LogP contribution in [0.4, 0.5) is 0 Å². The lowest BCUT2D eigenvalue weighted by molar-refractivity contribution is -0.136. The summed E-state index contributed by atoms with van der Waals surface area (Å²) in [5.41, 5.74) is 0.354. The molecule has 3 heterocycles. The molecule has 1 aromatic heterocycles. The van der Waals surface area contributed by atoms with Crippen LogP contribution in [0.15, 0.2) is 36.9 Å². The standard InChI is InChI=1S/C20H22Cl2N4O2/c21-14-3-4-17(22)16(12-14)19(27)26-8-1-2-18(26)20(28)24-9-5-15(6-10-24)25-11-7-23-13-25/h3-4,7,11-13,15,18H,1-2,5-6,8-10H2. The average Bonchev–Trinajstić information content (AvgIpc) is 3.41. The summed E-state index contributed by atoms with van der Waals surface area (Å²) in [4.78, 5) is 33.8. The number of amides is 2. The summed E-state index contributed by atoms with van der Waals surface area (Å²) >= 11 is 12.2. The molecule has 0 N–H and O–H groups in total. The Hall–Kier alpha value is -2.05. The molecule has 2 aliphatic rings. The molecule has 28 heavy (non-hydrogen) atoms. The van der Waals surface area contributed by atoms with Gasteiger partial charge in [0, 0.05) is 43.1 Å². The molecule has 2 aliphatic heterocycles. The Morgan fingerprint density at radius 2 is 1.86 bits per heavy atom. The number of rotatable bonds is 3. The van der Waals surface area contributed by atoms with Gasteiger partial charge in [-0.25, -0.2) is 4.98 Å². The molecule has 0 aliphatic carbocycles. The highest BCUT2D eigenvalue weighted by molar-refractivity contribution is 6.35. The predicted molar refractivity (Wildman–Crippen MR) is 108 cm³/mol. The summed E-state index contributed by atoms with van der Waals surface area (Å²) in [5, 5.41) is 0.810. The molecule has 2 amide bonds. The van der Waals surface area contributed by atoms with Crippen LogP contribution in [0.5, 0.6) is 0 Å². The smallest absolute Gasteiger partial charge is 0.256 e. The fraction of sp³-hybridized carbons (Fsp3) is 0.450. The number of carbonyl (C=O) groups excluding carboxylic acids is 2. The number of aromatic nitrogens is 2. The number of nitrogens with zero attached hydrogens (tertiary/aromatic N) is 4. The van der Waals surface area contributed by atoms with Crippen LogP contribution in [0.2, 0.25) is 10.0 Å². The Kier molecular flexibility index (Phi) is 5.60. The highest BCUT2D eigenvalue weighted by atomic mass is 35.5. The predicted octanol–water partition coefficient (Wildman–Crippen LogP) is 3.66. The van der Waals surface area contributed by atoms with Crippen LogP contribution in [-0.4, -0.2) is 56.8 Å². The molecule has 1 aromatic carbocycles. The first kappa shape index (κ1) is 19.3. The zero-order chi connectivity index (χ0) is 19.7. The van der Waals surface area contributed by atoms with Crippen molar-refractivity contribution < 1.29 is 9.59 Å². The van der Waals surface area contributed by atoms with E-state index in [1.807, 2.05) is 17.4 Å². The van der Waals surface area contributed by atoms with Gasteiger partial charge in [0.25, 0.3) is 5.91 Å². The van der Waals surface area contributed by atoms with Gasteiger partial charge < -0.3 is 14.4 Å². The van der Waals surface area contributed by atoms with Gasteiger partial charge in [0.15, 0.2) is 0 Å². The lowest BCUT2D eigenvalue weighted by atomic mass is 10.0. The van der Waals surface area contributed by atoms with Gasteiger partial charge in [0.2, 0.25) is 5.91 Å². The summed E-state index contributed by atoms with van der Waals surface area (Å²) in [6.45, 7) is 1.94. The lowest BCUT2D eigenvalue weighted by Gasteiger charge is -2.36. The third-order valence-electron chi connectivity index (χ3n) is 5.68. The molecule has 6 nitrogen and oxygen atoms in total. The molecule has 2 fully saturated rings. The molecule has 0 saturated carbocycles. The van der Waals surface area contributed by atoms with Gasteiger partial charge >= 0.3 is 0 Å². The number of piperidine rings is 1. The van der Waals surface area contributed by atoms with Crippen LogP contribution in [0, 0.1) is 0 Å². The van der Waals surface area contributed by atoms with E-state index >= 15 is 0 Å². The number of benzene rings is 1. The topological polar surface area (TPSA) is 58.4 Å². The Labute approximate surface area is 174 Å². The van der Waals surface area contributed by atoms with Crippen molar-refractivity contribution in [2.24, 2.45) is 0 Å². The number of halogens is 2. The number of carbonyl (C=O) groups is 2. The quantitative estimate of drug-likeness (QED) is 0.760. The minimum absolute atomic E-state index is 0.0353.